The standard InChI is InChI=1S/C22H30N4O2/c1-4-23-22(25-14-12-18-8-6-10-20(27)16-18)24-13-11-17-7-5-9-19(15-17)21(28)26(2)3/h5-10,15-16,27H,4,11-14H2,1-3H3,(H2,23,24,25). The fraction of sp³-hybridized carbons (Fsp3) is 0.364. The maximum absolute atomic E-state index is 12.1. The highest BCUT2D eigenvalue weighted by molar-refractivity contribution is 5.94. The molecule has 0 heterocycles. The van der Waals surface area contributed by atoms with Gasteiger partial charge in [-0.25, -0.2) is 0 Å². The minimum Gasteiger partial charge on any atom is -0.508 e. The molecule has 1 amide bonds. The summed E-state index contributed by atoms with van der Waals surface area (Å²) >= 11 is 0. The summed E-state index contributed by atoms with van der Waals surface area (Å²) in [5.74, 6) is 1.06. The number of hydrogen-bond donors (Lipinski definition) is 3. The van der Waals surface area contributed by atoms with E-state index in [2.05, 4.69) is 15.6 Å². The highest BCUT2D eigenvalue weighted by Crippen LogP contribution is 2.11. The molecule has 0 spiro atoms. The molecule has 6 heteroatoms. The molecule has 0 unspecified atom stereocenters. The van der Waals surface area contributed by atoms with Crippen molar-refractivity contribution in [1.82, 2.24) is 15.5 Å². The smallest absolute Gasteiger partial charge is 0.253 e. The molecule has 6 nitrogen and oxygen atoms in total. The summed E-state index contributed by atoms with van der Waals surface area (Å²) in [6.07, 6.45) is 1.56. The van der Waals surface area contributed by atoms with Crippen LogP contribution in [-0.4, -0.2) is 55.6 Å². The molecule has 0 saturated heterocycles. The molecule has 0 radical (unpaired) electrons. The van der Waals surface area contributed by atoms with Crippen LogP contribution in [-0.2, 0) is 12.8 Å². The lowest BCUT2D eigenvalue weighted by Gasteiger charge is -2.13. The van der Waals surface area contributed by atoms with Gasteiger partial charge in [0.2, 0.25) is 0 Å². The third kappa shape index (κ3) is 6.95. The second kappa shape index (κ2) is 11.0. The summed E-state index contributed by atoms with van der Waals surface area (Å²) in [5.41, 5.74) is 2.87. The van der Waals surface area contributed by atoms with Gasteiger partial charge in [-0.15, -0.1) is 0 Å². The minimum atomic E-state index is 0.0108. The van der Waals surface area contributed by atoms with E-state index in [1.165, 1.54) is 0 Å². The molecule has 28 heavy (non-hydrogen) atoms. The van der Waals surface area contributed by atoms with Crippen LogP contribution in [0, 0.1) is 0 Å². The second-order valence-corrected chi connectivity index (χ2v) is 6.76. The van der Waals surface area contributed by atoms with E-state index in [0.29, 0.717) is 12.1 Å². The molecular formula is C22H30N4O2. The van der Waals surface area contributed by atoms with Crippen LogP contribution in [0.4, 0.5) is 0 Å². The molecule has 3 N–H and O–H groups in total. The number of carbonyl (C=O) groups excluding carboxylic acids is 1. The number of aliphatic imine (C=N–C) groups is 1. The number of aromatic hydroxyl groups is 1. The van der Waals surface area contributed by atoms with E-state index in [-0.39, 0.29) is 11.7 Å². The molecule has 0 aliphatic heterocycles. The second-order valence-electron chi connectivity index (χ2n) is 6.76. The lowest BCUT2D eigenvalue weighted by Crippen LogP contribution is -2.38. The zero-order valence-electron chi connectivity index (χ0n) is 16.9. The Kier molecular flexibility index (Phi) is 8.34. The summed E-state index contributed by atoms with van der Waals surface area (Å²) in [6, 6.07) is 15.0. The van der Waals surface area contributed by atoms with Gasteiger partial charge in [0.1, 0.15) is 5.75 Å². The molecule has 0 saturated carbocycles. The van der Waals surface area contributed by atoms with Crippen molar-refractivity contribution in [2.75, 3.05) is 33.7 Å². The lowest BCUT2D eigenvalue weighted by molar-refractivity contribution is 0.0827. The summed E-state index contributed by atoms with van der Waals surface area (Å²) in [7, 11) is 3.51. The number of phenols is 1. The third-order valence-electron chi connectivity index (χ3n) is 4.21. The zero-order chi connectivity index (χ0) is 20.4. The van der Waals surface area contributed by atoms with Crippen LogP contribution < -0.4 is 10.6 Å². The van der Waals surface area contributed by atoms with E-state index < -0.39 is 0 Å². The van der Waals surface area contributed by atoms with Crippen LogP contribution in [0.2, 0.25) is 0 Å². The molecule has 0 aliphatic rings. The molecule has 0 bridgehead atoms. The maximum Gasteiger partial charge on any atom is 0.253 e. The molecule has 0 atom stereocenters. The van der Waals surface area contributed by atoms with Crippen LogP contribution in [0.15, 0.2) is 53.5 Å². The van der Waals surface area contributed by atoms with Gasteiger partial charge >= 0.3 is 0 Å². The van der Waals surface area contributed by atoms with Crippen molar-refractivity contribution in [2.45, 2.75) is 19.8 Å². The predicted molar refractivity (Wildman–Crippen MR) is 114 cm³/mol. The minimum absolute atomic E-state index is 0.0108. The SMILES string of the molecule is CCNC(=NCCc1cccc(O)c1)NCCc1cccc(C(=O)N(C)C)c1. The third-order valence-corrected chi connectivity index (χ3v) is 4.21. The molecular weight excluding hydrogens is 352 g/mol. The van der Waals surface area contributed by atoms with Gasteiger partial charge in [-0.1, -0.05) is 24.3 Å². The number of hydrogen-bond acceptors (Lipinski definition) is 3. The lowest BCUT2D eigenvalue weighted by atomic mass is 10.1. The average molecular weight is 383 g/mol. The van der Waals surface area contributed by atoms with E-state index >= 15 is 0 Å². The monoisotopic (exact) mass is 382 g/mol. The van der Waals surface area contributed by atoms with E-state index in [1.54, 1.807) is 31.1 Å². The number of phenolic OH excluding ortho intramolecular Hbond substituents is 1. The van der Waals surface area contributed by atoms with Gasteiger partial charge in [0.05, 0.1) is 0 Å². The van der Waals surface area contributed by atoms with E-state index in [9.17, 15) is 9.90 Å². The summed E-state index contributed by atoms with van der Waals surface area (Å²) < 4.78 is 0. The van der Waals surface area contributed by atoms with Crippen molar-refractivity contribution in [3.63, 3.8) is 0 Å². The molecule has 2 rings (SSSR count). The Labute approximate surface area is 167 Å². The molecule has 2 aromatic carbocycles. The van der Waals surface area contributed by atoms with Gasteiger partial charge < -0.3 is 20.6 Å². The molecule has 150 valence electrons. The number of guanidine groups is 1. The Bertz CT molecular complexity index is 803. The van der Waals surface area contributed by atoms with Crippen LogP contribution >= 0.6 is 0 Å². The predicted octanol–water partition coefficient (Wildman–Crippen LogP) is 2.43. The van der Waals surface area contributed by atoms with Gasteiger partial charge in [0, 0.05) is 39.3 Å². The van der Waals surface area contributed by atoms with Crippen molar-refractivity contribution in [3.8, 4) is 5.75 Å². The van der Waals surface area contributed by atoms with Crippen LogP contribution in [0.1, 0.15) is 28.4 Å². The number of nitrogens with zero attached hydrogens (tertiary/aromatic N) is 2. The van der Waals surface area contributed by atoms with Crippen molar-refractivity contribution >= 4 is 11.9 Å². The Morgan fingerprint density at radius 2 is 1.75 bits per heavy atom. The molecule has 0 fully saturated rings. The largest absolute Gasteiger partial charge is 0.508 e. The number of carbonyl (C=O) groups is 1. The van der Waals surface area contributed by atoms with Gasteiger partial charge in [0.15, 0.2) is 5.96 Å². The van der Waals surface area contributed by atoms with Crippen molar-refractivity contribution in [1.29, 1.82) is 0 Å². The Balaban J connectivity index is 1.87. The van der Waals surface area contributed by atoms with Crippen molar-refractivity contribution in [2.24, 2.45) is 4.99 Å². The Morgan fingerprint density at radius 1 is 1.04 bits per heavy atom. The van der Waals surface area contributed by atoms with Crippen LogP contribution in [0.25, 0.3) is 0 Å². The first-order chi connectivity index (χ1) is 13.5. The highest BCUT2D eigenvalue weighted by Gasteiger charge is 2.08. The fourth-order valence-electron chi connectivity index (χ4n) is 2.79. The van der Waals surface area contributed by atoms with Crippen molar-refractivity contribution in [3.05, 3.63) is 65.2 Å². The van der Waals surface area contributed by atoms with E-state index in [4.69, 9.17) is 0 Å². The topological polar surface area (TPSA) is 77.0 Å². The van der Waals surface area contributed by atoms with Gasteiger partial charge in [-0.05, 0) is 55.2 Å². The summed E-state index contributed by atoms with van der Waals surface area (Å²) in [6.45, 7) is 4.16. The van der Waals surface area contributed by atoms with Crippen LogP contribution in [0.3, 0.4) is 0 Å². The normalized spacial score (nSPS) is 11.2. The van der Waals surface area contributed by atoms with Gasteiger partial charge in [-0.2, -0.15) is 0 Å². The average Bonchev–Trinajstić information content (AvgIpc) is 2.67. The summed E-state index contributed by atoms with van der Waals surface area (Å²) in [4.78, 5) is 18.3. The van der Waals surface area contributed by atoms with E-state index in [0.717, 1.165) is 43.0 Å². The maximum atomic E-state index is 12.1. The number of nitrogens with one attached hydrogen (secondary N) is 2. The quantitative estimate of drug-likeness (QED) is 0.484. The Morgan fingerprint density at radius 3 is 2.43 bits per heavy atom. The van der Waals surface area contributed by atoms with Crippen molar-refractivity contribution < 1.29 is 9.90 Å². The first kappa shape index (κ1) is 21.3. The molecule has 0 aromatic heterocycles. The number of benzene rings is 2. The van der Waals surface area contributed by atoms with Gasteiger partial charge in [-0.3, -0.25) is 9.79 Å². The zero-order valence-corrected chi connectivity index (χ0v) is 16.9. The van der Waals surface area contributed by atoms with E-state index in [1.807, 2.05) is 43.3 Å². The summed E-state index contributed by atoms with van der Waals surface area (Å²) in [5, 5.41) is 16.1. The fourth-order valence-corrected chi connectivity index (χ4v) is 2.79. The van der Waals surface area contributed by atoms with Crippen LogP contribution in [0.5, 0.6) is 5.75 Å². The number of amides is 1. The Hall–Kier alpha value is -3.02. The first-order valence-corrected chi connectivity index (χ1v) is 9.60. The molecule has 0 aliphatic carbocycles. The molecule has 2 aromatic rings. The highest BCUT2D eigenvalue weighted by atomic mass is 16.3. The van der Waals surface area contributed by atoms with Gasteiger partial charge in [0.25, 0.3) is 5.91 Å². The number of rotatable bonds is 8. The first-order valence-electron chi connectivity index (χ1n) is 9.60.